The minimum absolute atomic E-state index is 0.0665. The zero-order valence-corrected chi connectivity index (χ0v) is 9.93. The standard InChI is InChI=1S/C11H18N4O2/c1-2-10-13-5-6-15(10)7-8-3-4-9(17-8)11(16)14-12/h5-6,8-9H,2-4,7,12H2,1H3,(H,14,16). The maximum Gasteiger partial charge on any atom is 0.263 e. The number of aromatic nitrogens is 2. The molecule has 1 aromatic heterocycles. The van der Waals surface area contributed by atoms with Gasteiger partial charge in [-0.1, -0.05) is 6.92 Å². The van der Waals surface area contributed by atoms with Crippen molar-refractivity contribution in [1.82, 2.24) is 15.0 Å². The van der Waals surface area contributed by atoms with Gasteiger partial charge in [0.1, 0.15) is 11.9 Å². The first-order chi connectivity index (χ1) is 8.24. The number of nitrogens with two attached hydrogens (primary N) is 1. The van der Waals surface area contributed by atoms with Gasteiger partial charge >= 0.3 is 0 Å². The largest absolute Gasteiger partial charge is 0.363 e. The highest BCUT2D eigenvalue weighted by atomic mass is 16.5. The lowest BCUT2D eigenvalue weighted by Gasteiger charge is -2.14. The third kappa shape index (κ3) is 2.65. The fourth-order valence-corrected chi connectivity index (χ4v) is 2.17. The zero-order valence-electron chi connectivity index (χ0n) is 9.93. The van der Waals surface area contributed by atoms with Crippen molar-refractivity contribution in [3.63, 3.8) is 0 Å². The van der Waals surface area contributed by atoms with Crippen LogP contribution in [0.2, 0.25) is 0 Å². The summed E-state index contributed by atoms with van der Waals surface area (Å²) < 4.78 is 7.72. The Kier molecular flexibility index (Phi) is 3.75. The lowest BCUT2D eigenvalue weighted by molar-refractivity contribution is -0.132. The Morgan fingerprint density at radius 3 is 3.24 bits per heavy atom. The number of amides is 1. The number of hydrogen-bond acceptors (Lipinski definition) is 4. The molecule has 0 bridgehead atoms. The molecule has 0 spiro atoms. The summed E-state index contributed by atoms with van der Waals surface area (Å²) in [7, 11) is 0. The van der Waals surface area contributed by atoms with Gasteiger partial charge in [-0.2, -0.15) is 0 Å². The van der Waals surface area contributed by atoms with Gasteiger partial charge in [-0.05, 0) is 12.8 Å². The summed E-state index contributed by atoms with van der Waals surface area (Å²) in [5, 5.41) is 0. The van der Waals surface area contributed by atoms with E-state index < -0.39 is 6.10 Å². The Morgan fingerprint density at radius 1 is 1.71 bits per heavy atom. The molecule has 0 saturated carbocycles. The molecule has 6 nitrogen and oxygen atoms in total. The van der Waals surface area contributed by atoms with Crippen molar-refractivity contribution in [3.05, 3.63) is 18.2 Å². The van der Waals surface area contributed by atoms with Crippen molar-refractivity contribution in [2.75, 3.05) is 0 Å². The van der Waals surface area contributed by atoms with Crippen LogP contribution in [-0.4, -0.2) is 27.7 Å². The van der Waals surface area contributed by atoms with Gasteiger partial charge in [0.05, 0.1) is 12.6 Å². The van der Waals surface area contributed by atoms with E-state index >= 15 is 0 Å². The summed E-state index contributed by atoms with van der Waals surface area (Å²) in [5.41, 5.74) is 2.13. The summed E-state index contributed by atoms with van der Waals surface area (Å²) in [4.78, 5) is 15.6. The molecule has 6 heteroatoms. The highest BCUT2D eigenvalue weighted by molar-refractivity contribution is 5.80. The molecule has 0 radical (unpaired) electrons. The number of aryl methyl sites for hydroxylation is 1. The van der Waals surface area contributed by atoms with E-state index in [-0.39, 0.29) is 12.0 Å². The second kappa shape index (κ2) is 5.29. The predicted octanol–water partition coefficient (Wildman–Crippen LogP) is -0.0170. The molecule has 0 aliphatic carbocycles. The summed E-state index contributed by atoms with van der Waals surface area (Å²) in [6.45, 7) is 2.82. The number of carbonyl (C=O) groups is 1. The fourth-order valence-electron chi connectivity index (χ4n) is 2.17. The molecule has 1 amide bonds. The van der Waals surface area contributed by atoms with Gasteiger partial charge in [-0.3, -0.25) is 10.2 Å². The molecule has 1 saturated heterocycles. The van der Waals surface area contributed by atoms with E-state index in [1.54, 1.807) is 6.20 Å². The molecule has 17 heavy (non-hydrogen) atoms. The molecule has 1 aliphatic heterocycles. The molecular formula is C11H18N4O2. The number of nitrogens with zero attached hydrogens (tertiary/aromatic N) is 2. The lowest BCUT2D eigenvalue weighted by atomic mass is 10.2. The van der Waals surface area contributed by atoms with E-state index in [1.807, 2.05) is 6.20 Å². The molecule has 3 N–H and O–H groups in total. The van der Waals surface area contributed by atoms with E-state index in [2.05, 4.69) is 21.9 Å². The summed E-state index contributed by atoms with van der Waals surface area (Å²) >= 11 is 0. The molecule has 2 heterocycles. The Balaban J connectivity index is 1.92. The molecular weight excluding hydrogens is 220 g/mol. The van der Waals surface area contributed by atoms with Crippen LogP contribution >= 0.6 is 0 Å². The van der Waals surface area contributed by atoms with Gasteiger partial charge in [-0.15, -0.1) is 0 Å². The van der Waals surface area contributed by atoms with Gasteiger partial charge < -0.3 is 9.30 Å². The molecule has 1 aromatic rings. The zero-order chi connectivity index (χ0) is 12.3. The van der Waals surface area contributed by atoms with Crippen LogP contribution in [0, 0.1) is 0 Å². The Bertz CT molecular complexity index is 391. The van der Waals surface area contributed by atoms with Crippen molar-refractivity contribution in [2.45, 2.75) is 44.9 Å². The van der Waals surface area contributed by atoms with Gasteiger partial charge in [0.2, 0.25) is 0 Å². The maximum atomic E-state index is 11.3. The lowest BCUT2D eigenvalue weighted by Crippen LogP contribution is -2.39. The van der Waals surface area contributed by atoms with Crippen LogP contribution in [-0.2, 0) is 22.5 Å². The van der Waals surface area contributed by atoms with Crippen LogP contribution in [0.3, 0.4) is 0 Å². The number of ether oxygens (including phenoxy) is 1. The minimum atomic E-state index is -0.404. The average molecular weight is 238 g/mol. The molecule has 1 aliphatic rings. The Labute approximate surface area is 100 Å². The molecule has 94 valence electrons. The van der Waals surface area contributed by atoms with Crippen LogP contribution in [0.4, 0.5) is 0 Å². The quantitative estimate of drug-likeness (QED) is 0.439. The van der Waals surface area contributed by atoms with E-state index in [4.69, 9.17) is 10.6 Å². The van der Waals surface area contributed by atoms with Gasteiger partial charge in [0.25, 0.3) is 5.91 Å². The first-order valence-electron chi connectivity index (χ1n) is 5.90. The molecule has 0 aromatic carbocycles. The topological polar surface area (TPSA) is 82.2 Å². The first-order valence-corrected chi connectivity index (χ1v) is 5.90. The number of carbonyl (C=O) groups excluding carboxylic acids is 1. The van der Waals surface area contributed by atoms with E-state index in [0.717, 1.165) is 31.6 Å². The monoisotopic (exact) mass is 238 g/mol. The Morgan fingerprint density at radius 2 is 2.53 bits per heavy atom. The normalized spacial score (nSPS) is 23.9. The minimum Gasteiger partial charge on any atom is -0.363 e. The molecule has 2 atom stereocenters. The van der Waals surface area contributed by atoms with Gasteiger partial charge in [0, 0.05) is 18.8 Å². The number of nitrogens with one attached hydrogen (secondary N) is 1. The fraction of sp³-hybridized carbons (Fsp3) is 0.636. The third-order valence-electron chi connectivity index (χ3n) is 3.06. The van der Waals surface area contributed by atoms with Crippen molar-refractivity contribution in [1.29, 1.82) is 0 Å². The predicted molar refractivity (Wildman–Crippen MR) is 61.8 cm³/mol. The first kappa shape index (κ1) is 12.1. The highest BCUT2D eigenvalue weighted by Gasteiger charge is 2.30. The molecule has 1 fully saturated rings. The van der Waals surface area contributed by atoms with E-state index in [9.17, 15) is 4.79 Å². The Hall–Kier alpha value is -1.40. The highest BCUT2D eigenvalue weighted by Crippen LogP contribution is 2.21. The van der Waals surface area contributed by atoms with Crippen LogP contribution in [0.1, 0.15) is 25.6 Å². The van der Waals surface area contributed by atoms with Crippen LogP contribution in [0.15, 0.2) is 12.4 Å². The van der Waals surface area contributed by atoms with Gasteiger partial charge in [0.15, 0.2) is 0 Å². The van der Waals surface area contributed by atoms with E-state index in [1.165, 1.54) is 0 Å². The van der Waals surface area contributed by atoms with Crippen molar-refractivity contribution in [3.8, 4) is 0 Å². The SMILES string of the molecule is CCc1nccn1CC1CCC(C(=O)NN)O1. The van der Waals surface area contributed by atoms with Crippen LogP contribution < -0.4 is 11.3 Å². The number of rotatable bonds is 4. The van der Waals surface area contributed by atoms with Crippen molar-refractivity contribution >= 4 is 5.91 Å². The third-order valence-corrected chi connectivity index (χ3v) is 3.06. The molecule has 2 rings (SSSR count). The van der Waals surface area contributed by atoms with Gasteiger partial charge in [-0.25, -0.2) is 10.8 Å². The second-order valence-electron chi connectivity index (χ2n) is 4.18. The molecule has 2 unspecified atom stereocenters. The average Bonchev–Trinajstić information content (AvgIpc) is 2.97. The number of hydrazine groups is 1. The van der Waals surface area contributed by atoms with Crippen LogP contribution in [0.25, 0.3) is 0 Å². The van der Waals surface area contributed by atoms with Crippen LogP contribution in [0.5, 0.6) is 0 Å². The van der Waals surface area contributed by atoms with Crippen molar-refractivity contribution in [2.24, 2.45) is 5.84 Å². The second-order valence-corrected chi connectivity index (χ2v) is 4.18. The number of hydrogen-bond donors (Lipinski definition) is 2. The van der Waals surface area contributed by atoms with E-state index in [0.29, 0.717) is 0 Å². The summed E-state index contributed by atoms with van der Waals surface area (Å²) in [6.07, 6.45) is 5.89. The summed E-state index contributed by atoms with van der Waals surface area (Å²) in [6, 6.07) is 0. The van der Waals surface area contributed by atoms with Crippen molar-refractivity contribution < 1.29 is 9.53 Å². The number of imidazole rings is 1. The maximum absolute atomic E-state index is 11.3. The summed E-state index contributed by atoms with van der Waals surface area (Å²) in [5.74, 6) is 5.88. The smallest absolute Gasteiger partial charge is 0.263 e.